The standard InChI is InChI=1S/C30H23ClN4O/c1-19-25(17-21-13-15-24(31)16-14-21)29(34-20(2)33-19)35-30-26(18-32)27(22-9-5-3-6-10-22)28(36-30)23-11-7-4-8-12-23/h3-16H,17H2,1-2H3,(H,33,34,35). The van der Waals surface area contributed by atoms with E-state index in [0.717, 1.165) is 33.5 Å². The lowest BCUT2D eigenvalue weighted by atomic mass is 9.98. The number of nitrogens with one attached hydrogen (secondary N) is 1. The van der Waals surface area contributed by atoms with Crippen LogP contribution in [-0.4, -0.2) is 9.97 Å². The van der Waals surface area contributed by atoms with Crippen molar-refractivity contribution in [2.75, 3.05) is 5.32 Å². The van der Waals surface area contributed by atoms with Gasteiger partial charge in [0.25, 0.3) is 0 Å². The molecule has 3 aromatic carbocycles. The van der Waals surface area contributed by atoms with Crippen LogP contribution in [0.15, 0.2) is 89.3 Å². The number of benzene rings is 3. The molecule has 0 radical (unpaired) electrons. The molecular weight excluding hydrogens is 468 g/mol. The molecule has 0 fully saturated rings. The van der Waals surface area contributed by atoms with Crippen molar-refractivity contribution in [3.05, 3.63) is 118 Å². The average molecular weight is 491 g/mol. The molecule has 5 aromatic rings. The van der Waals surface area contributed by atoms with E-state index in [0.29, 0.717) is 40.3 Å². The Bertz CT molecular complexity index is 1550. The number of hydrogen-bond acceptors (Lipinski definition) is 5. The van der Waals surface area contributed by atoms with E-state index in [1.165, 1.54) is 0 Å². The fourth-order valence-electron chi connectivity index (χ4n) is 4.26. The molecule has 2 aromatic heterocycles. The summed E-state index contributed by atoms with van der Waals surface area (Å²) < 4.78 is 6.37. The molecule has 0 spiro atoms. The van der Waals surface area contributed by atoms with Crippen LogP contribution in [0.25, 0.3) is 22.5 Å². The Kier molecular flexibility index (Phi) is 6.53. The molecule has 0 aliphatic heterocycles. The maximum absolute atomic E-state index is 10.2. The number of nitrogens with zero attached hydrogens (tertiary/aromatic N) is 3. The summed E-state index contributed by atoms with van der Waals surface area (Å²) in [5.41, 5.74) is 5.81. The van der Waals surface area contributed by atoms with Crippen LogP contribution < -0.4 is 5.32 Å². The summed E-state index contributed by atoms with van der Waals surface area (Å²) in [4.78, 5) is 9.26. The Morgan fingerprint density at radius 3 is 2.14 bits per heavy atom. The molecule has 2 heterocycles. The van der Waals surface area contributed by atoms with Gasteiger partial charge in [-0.2, -0.15) is 5.26 Å². The normalized spacial score (nSPS) is 10.7. The summed E-state index contributed by atoms with van der Waals surface area (Å²) in [5.74, 6) is 2.22. The summed E-state index contributed by atoms with van der Waals surface area (Å²) in [7, 11) is 0. The number of anilines is 2. The lowest BCUT2D eigenvalue weighted by Crippen LogP contribution is -2.07. The second-order valence-corrected chi connectivity index (χ2v) is 8.90. The van der Waals surface area contributed by atoms with Crippen LogP contribution in [0.2, 0.25) is 5.02 Å². The van der Waals surface area contributed by atoms with Crippen molar-refractivity contribution in [1.29, 1.82) is 5.26 Å². The van der Waals surface area contributed by atoms with E-state index in [4.69, 9.17) is 16.0 Å². The van der Waals surface area contributed by atoms with Crippen LogP contribution in [0.4, 0.5) is 11.7 Å². The van der Waals surface area contributed by atoms with E-state index < -0.39 is 0 Å². The third kappa shape index (κ3) is 4.72. The van der Waals surface area contributed by atoms with Gasteiger partial charge in [0.15, 0.2) is 0 Å². The van der Waals surface area contributed by atoms with Crippen molar-refractivity contribution in [2.24, 2.45) is 0 Å². The van der Waals surface area contributed by atoms with Crippen LogP contribution in [-0.2, 0) is 6.42 Å². The van der Waals surface area contributed by atoms with Gasteiger partial charge in [-0.3, -0.25) is 0 Å². The molecule has 176 valence electrons. The van der Waals surface area contributed by atoms with E-state index in [1.54, 1.807) is 0 Å². The van der Waals surface area contributed by atoms with Crippen molar-refractivity contribution >= 4 is 23.3 Å². The Labute approximate surface area is 215 Å². The molecule has 0 unspecified atom stereocenters. The van der Waals surface area contributed by atoms with E-state index in [9.17, 15) is 5.26 Å². The first-order chi connectivity index (χ1) is 17.5. The lowest BCUT2D eigenvalue weighted by molar-refractivity contribution is 0.599. The Balaban J connectivity index is 1.64. The first-order valence-electron chi connectivity index (χ1n) is 11.6. The van der Waals surface area contributed by atoms with E-state index in [2.05, 4.69) is 21.4 Å². The molecule has 1 N–H and O–H groups in total. The molecule has 6 heteroatoms. The Morgan fingerprint density at radius 2 is 1.50 bits per heavy atom. The minimum absolute atomic E-state index is 0.352. The highest BCUT2D eigenvalue weighted by Gasteiger charge is 2.24. The summed E-state index contributed by atoms with van der Waals surface area (Å²) in [5, 5.41) is 14.3. The predicted molar refractivity (Wildman–Crippen MR) is 143 cm³/mol. The Morgan fingerprint density at radius 1 is 0.861 bits per heavy atom. The van der Waals surface area contributed by atoms with Gasteiger partial charge in [-0.1, -0.05) is 84.4 Å². The Hall–Kier alpha value is -4.40. The molecule has 0 amide bonds. The zero-order valence-corrected chi connectivity index (χ0v) is 20.7. The predicted octanol–water partition coefficient (Wildman–Crippen LogP) is 7.88. The van der Waals surface area contributed by atoms with Crippen LogP contribution in [0, 0.1) is 25.2 Å². The van der Waals surface area contributed by atoms with Crippen molar-refractivity contribution in [3.63, 3.8) is 0 Å². The first kappa shape index (κ1) is 23.3. The third-order valence-electron chi connectivity index (χ3n) is 5.97. The van der Waals surface area contributed by atoms with E-state index >= 15 is 0 Å². The number of nitriles is 1. The summed E-state index contributed by atoms with van der Waals surface area (Å²) in [6.45, 7) is 3.81. The van der Waals surface area contributed by atoms with Gasteiger partial charge < -0.3 is 9.73 Å². The van der Waals surface area contributed by atoms with Gasteiger partial charge in [-0.25, -0.2) is 9.97 Å². The molecule has 0 saturated heterocycles. The molecule has 0 aliphatic carbocycles. The van der Waals surface area contributed by atoms with Gasteiger partial charge >= 0.3 is 0 Å². The number of hydrogen-bond donors (Lipinski definition) is 1. The minimum atomic E-state index is 0.352. The topological polar surface area (TPSA) is 74.7 Å². The second kappa shape index (κ2) is 10.1. The van der Waals surface area contributed by atoms with Gasteiger partial charge in [0, 0.05) is 33.8 Å². The number of rotatable bonds is 6. The lowest BCUT2D eigenvalue weighted by Gasteiger charge is -2.13. The molecular formula is C30H23ClN4O. The molecule has 0 saturated carbocycles. The second-order valence-electron chi connectivity index (χ2n) is 8.47. The molecule has 36 heavy (non-hydrogen) atoms. The molecule has 5 nitrogen and oxygen atoms in total. The highest BCUT2D eigenvalue weighted by molar-refractivity contribution is 6.30. The maximum Gasteiger partial charge on any atom is 0.217 e. The fraction of sp³-hybridized carbons (Fsp3) is 0.100. The van der Waals surface area contributed by atoms with Crippen LogP contribution in [0.1, 0.15) is 28.2 Å². The van der Waals surface area contributed by atoms with Gasteiger partial charge in [-0.15, -0.1) is 0 Å². The minimum Gasteiger partial charge on any atom is -0.438 e. The first-order valence-corrected chi connectivity index (χ1v) is 11.9. The molecule has 0 aliphatic rings. The van der Waals surface area contributed by atoms with Gasteiger partial charge in [0.1, 0.15) is 29.0 Å². The SMILES string of the molecule is Cc1nc(C)c(Cc2ccc(Cl)cc2)c(Nc2oc(-c3ccccc3)c(-c3ccccc3)c2C#N)n1. The van der Waals surface area contributed by atoms with E-state index in [1.807, 2.05) is 98.8 Å². The summed E-state index contributed by atoms with van der Waals surface area (Å²) in [6.07, 6.45) is 0.602. The highest BCUT2D eigenvalue weighted by Crippen LogP contribution is 2.42. The third-order valence-corrected chi connectivity index (χ3v) is 6.22. The largest absolute Gasteiger partial charge is 0.438 e. The maximum atomic E-state index is 10.2. The molecule has 0 atom stereocenters. The van der Waals surface area contributed by atoms with E-state index in [-0.39, 0.29) is 0 Å². The number of halogens is 1. The van der Waals surface area contributed by atoms with Gasteiger partial charge in [0.05, 0.1) is 0 Å². The summed E-state index contributed by atoms with van der Waals surface area (Å²) in [6, 6.07) is 29.7. The fourth-order valence-corrected chi connectivity index (χ4v) is 4.39. The number of aryl methyl sites for hydroxylation is 2. The van der Waals surface area contributed by atoms with Crippen molar-refractivity contribution in [3.8, 4) is 28.5 Å². The van der Waals surface area contributed by atoms with Crippen LogP contribution >= 0.6 is 11.6 Å². The zero-order chi connectivity index (χ0) is 25.1. The van der Waals surface area contributed by atoms with Crippen molar-refractivity contribution in [2.45, 2.75) is 20.3 Å². The molecule has 5 rings (SSSR count). The zero-order valence-electron chi connectivity index (χ0n) is 19.9. The van der Waals surface area contributed by atoms with Crippen molar-refractivity contribution in [1.82, 2.24) is 9.97 Å². The molecule has 0 bridgehead atoms. The average Bonchev–Trinajstić information content (AvgIpc) is 3.26. The van der Waals surface area contributed by atoms with Gasteiger partial charge in [0.2, 0.25) is 5.88 Å². The smallest absolute Gasteiger partial charge is 0.217 e. The number of aromatic nitrogens is 2. The monoisotopic (exact) mass is 490 g/mol. The number of furan rings is 1. The van der Waals surface area contributed by atoms with Crippen LogP contribution in [0.5, 0.6) is 0 Å². The quantitative estimate of drug-likeness (QED) is 0.262. The van der Waals surface area contributed by atoms with Gasteiger partial charge in [-0.05, 0) is 37.1 Å². The highest BCUT2D eigenvalue weighted by atomic mass is 35.5. The van der Waals surface area contributed by atoms with Crippen molar-refractivity contribution < 1.29 is 4.42 Å². The van der Waals surface area contributed by atoms with Crippen LogP contribution in [0.3, 0.4) is 0 Å². The summed E-state index contributed by atoms with van der Waals surface area (Å²) >= 11 is 6.08.